The van der Waals surface area contributed by atoms with E-state index >= 15 is 0 Å². The van der Waals surface area contributed by atoms with E-state index in [1.807, 2.05) is 11.8 Å². The van der Waals surface area contributed by atoms with Gasteiger partial charge in [0.05, 0.1) is 13.7 Å². The van der Waals surface area contributed by atoms with Crippen molar-refractivity contribution in [3.8, 4) is 0 Å². The topological polar surface area (TPSA) is 38.3 Å². The molecule has 88 valence electrons. The van der Waals surface area contributed by atoms with Crippen LogP contribution in [0.25, 0.3) is 0 Å². The molecular formula is C11H21NO2S. The Morgan fingerprint density at radius 2 is 2.20 bits per heavy atom. The number of esters is 1. The van der Waals surface area contributed by atoms with E-state index in [1.165, 1.54) is 32.8 Å². The number of carbonyl (C=O) groups is 1. The van der Waals surface area contributed by atoms with Crippen LogP contribution in [0.4, 0.5) is 0 Å². The van der Waals surface area contributed by atoms with E-state index in [2.05, 4.69) is 17.0 Å². The maximum absolute atomic E-state index is 11.0. The largest absolute Gasteiger partial charge is 0.468 e. The summed E-state index contributed by atoms with van der Waals surface area (Å²) < 4.78 is 4.63. The first-order chi connectivity index (χ1) is 7.27. The van der Waals surface area contributed by atoms with Gasteiger partial charge in [0.15, 0.2) is 0 Å². The molecule has 15 heavy (non-hydrogen) atoms. The van der Waals surface area contributed by atoms with E-state index in [9.17, 15) is 4.79 Å². The van der Waals surface area contributed by atoms with Gasteiger partial charge >= 0.3 is 5.97 Å². The van der Waals surface area contributed by atoms with E-state index < -0.39 is 0 Å². The third-order valence-electron chi connectivity index (χ3n) is 2.82. The Labute approximate surface area is 96.3 Å². The molecule has 1 aliphatic carbocycles. The summed E-state index contributed by atoms with van der Waals surface area (Å²) >= 11 is 2.00. The van der Waals surface area contributed by atoms with Gasteiger partial charge < -0.3 is 10.1 Å². The first-order valence-electron chi connectivity index (χ1n) is 5.69. The molecular weight excluding hydrogens is 210 g/mol. The summed E-state index contributed by atoms with van der Waals surface area (Å²) in [6, 6.07) is 0.489. The summed E-state index contributed by atoms with van der Waals surface area (Å²) in [5, 5.41) is 3.99. The second kappa shape index (κ2) is 7.12. The number of hydrogen-bond donors (Lipinski definition) is 1. The van der Waals surface area contributed by atoms with Gasteiger partial charge in [0, 0.05) is 11.3 Å². The average molecular weight is 231 g/mol. The van der Waals surface area contributed by atoms with E-state index in [1.54, 1.807) is 0 Å². The molecule has 4 heteroatoms. The minimum Gasteiger partial charge on any atom is -0.468 e. The lowest BCUT2D eigenvalue weighted by atomic mass is 9.95. The van der Waals surface area contributed by atoms with Gasteiger partial charge in [-0.2, -0.15) is 11.8 Å². The van der Waals surface area contributed by atoms with Crippen molar-refractivity contribution in [2.24, 2.45) is 0 Å². The zero-order valence-electron chi connectivity index (χ0n) is 9.62. The van der Waals surface area contributed by atoms with Gasteiger partial charge in [0.25, 0.3) is 0 Å². The lowest BCUT2D eigenvalue weighted by Gasteiger charge is -2.31. The monoisotopic (exact) mass is 231 g/mol. The fourth-order valence-electron chi connectivity index (χ4n) is 2.03. The highest BCUT2D eigenvalue weighted by Gasteiger charge is 2.24. The van der Waals surface area contributed by atoms with Crippen molar-refractivity contribution in [2.45, 2.75) is 43.9 Å². The van der Waals surface area contributed by atoms with Crippen LogP contribution in [0.2, 0.25) is 0 Å². The minimum absolute atomic E-state index is 0.166. The van der Waals surface area contributed by atoms with Crippen molar-refractivity contribution in [1.82, 2.24) is 5.32 Å². The smallest absolute Gasteiger partial charge is 0.319 e. The molecule has 0 heterocycles. The molecule has 0 aromatic heterocycles. The van der Waals surface area contributed by atoms with Crippen molar-refractivity contribution in [3.05, 3.63) is 0 Å². The third-order valence-corrected chi connectivity index (χ3v) is 4.15. The van der Waals surface area contributed by atoms with Crippen molar-refractivity contribution in [2.75, 3.05) is 19.4 Å². The van der Waals surface area contributed by atoms with Crippen LogP contribution in [0, 0.1) is 0 Å². The highest BCUT2D eigenvalue weighted by atomic mass is 32.2. The number of carbonyl (C=O) groups excluding carboxylic acids is 1. The molecule has 3 nitrogen and oxygen atoms in total. The van der Waals surface area contributed by atoms with E-state index in [4.69, 9.17) is 0 Å². The summed E-state index contributed by atoms with van der Waals surface area (Å²) in [7, 11) is 1.43. The van der Waals surface area contributed by atoms with Gasteiger partial charge in [-0.15, -0.1) is 0 Å². The predicted molar refractivity (Wildman–Crippen MR) is 64.2 cm³/mol. The number of thioether (sulfide) groups is 1. The summed E-state index contributed by atoms with van der Waals surface area (Å²) in [4.78, 5) is 11.0. The maximum atomic E-state index is 11.0. The Kier molecular flexibility index (Phi) is 6.10. The minimum atomic E-state index is -0.166. The number of ether oxygens (including phenoxy) is 1. The van der Waals surface area contributed by atoms with Gasteiger partial charge in [-0.3, -0.25) is 4.79 Å². The fraction of sp³-hybridized carbons (Fsp3) is 0.909. The molecule has 0 aromatic carbocycles. The normalized spacial score (nSPS) is 26.3. The van der Waals surface area contributed by atoms with Crippen LogP contribution >= 0.6 is 11.8 Å². The lowest BCUT2D eigenvalue weighted by molar-refractivity contribution is -0.139. The molecule has 1 aliphatic rings. The number of hydrogen-bond acceptors (Lipinski definition) is 4. The Bertz CT molecular complexity index is 197. The van der Waals surface area contributed by atoms with Gasteiger partial charge in [-0.1, -0.05) is 19.8 Å². The average Bonchev–Trinajstić information content (AvgIpc) is 2.28. The molecule has 0 spiro atoms. The Morgan fingerprint density at radius 3 is 2.87 bits per heavy atom. The van der Waals surface area contributed by atoms with Crippen LogP contribution in [-0.2, 0) is 9.53 Å². The molecule has 1 N–H and O–H groups in total. The molecule has 2 unspecified atom stereocenters. The first-order valence-corrected chi connectivity index (χ1v) is 6.74. The SMILES string of the molecule is CCSC1CCCCC1NCC(=O)OC. The standard InChI is InChI=1S/C11H21NO2S/c1-3-15-10-7-5-4-6-9(10)12-8-11(13)14-2/h9-10,12H,3-8H2,1-2H3. The van der Waals surface area contributed by atoms with Gasteiger partial charge in [0.2, 0.25) is 0 Å². The molecule has 0 radical (unpaired) electrons. The molecule has 0 amide bonds. The summed E-state index contributed by atoms with van der Waals surface area (Å²) in [6.07, 6.45) is 5.07. The quantitative estimate of drug-likeness (QED) is 0.732. The van der Waals surface area contributed by atoms with E-state index in [0.717, 1.165) is 5.75 Å². The van der Waals surface area contributed by atoms with Crippen LogP contribution in [0.15, 0.2) is 0 Å². The summed E-state index contributed by atoms with van der Waals surface area (Å²) in [5.74, 6) is 0.988. The van der Waals surface area contributed by atoms with E-state index in [-0.39, 0.29) is 5.97 Å². The second-order valence-electron chi connectivity index (χ2n) is 3.84. The molecule has 1 rings (SSSR count). The second-order valence-corrected chi connectivity index (χ2v) is 5.36. The lowest BCUT2D eigenvalue weighted by Crippen LogP contribution is -2.43. The first kappa shape index (κ1) is 12.8. The van der Waals surface area contributed by atoms with Crippen LogP contribution < -0.4 is 5.32 Å². The van der Waals surface area contributed by atoms with Gasteiger partial charge in [-0.05, 0) is 18.6 Å². The van der Waals surface area contributed by atoms with Crippen LogP contribution in [0.3, 0.4) is 0 Å². The number of nitrogens with one attached hydrogen (secondary N) is 1. The molecule has 0 bridgehead atoms. The Morgan fingerprint density at radius 1 is 1.47 bits per heavy atom. The van der Waals surface area contributed by atoms with Gasteiger partial charge in [0.1, 0.15) is 0 Å². The molecule has 2 atom stereocenters. The maximum Gasteiger partial charge on any atom is 0.319 e. The van der Waals surface area contributed by atoms with Crippen LogP contribution in [-0.4, -0.2) is 36.7 Å². The van der Waals surface area contributed by atoms with Crippen molar-refractivity contribution in [3.63, 3.8) is 0 Å². The van der Waals surface area contributed by atoms with Crippen molar-refractivity contribution >= 4 is 17.7 Å². The zero-order valence-corrected chi connectivity index (χ0v) is 10.4. The molecule has 0 aromatic rings. The molecule has 0 aliphatic heterocycles. The molecule has 1 fully saturated rings. The van der Waals surface area contributed by atoms with Crippen LogP contribution in [0.1, 0.15) is 32.6 Å². The van der Waals surface area contributed by atoms with Crippen LogP contribution in [0.5, 0.6) is 0 Å². The zero-order chi connectivity index (χ0) is 11.1. The van der Waals surface area contributed by atoms with Gasteiger partial charge in [-0.25, -0.2) is 0 Å². The number of rotatable bonds is 5. The summed E-state index contributed by atoms with van der Waals surface area (Å²) in [6.45, 7) is 2.54. The highest BCUT2D eigenvalue weighted by molar-refractivity contribution is 7.99. The number of methoxy groups -OCH3 is 1. The predicted octanol–water partition coefficient (Wildman–Crippen LogP) is 1.81. The van der Waals surface area contributed by atoms with Crippen molar-refractivity contribution in [1.29, 1.82) is 0 Å². The fourth-order valence-corrected chi connectivity index (χ4v) is 3.26. The highest BCUT2D eigenvalue weighted by Crippen LogP contribution is 2.28. The third kappa shape index (κ3) is 4.43. The molecule has 1 saturated carbocycles. The summed E-state index contributed by atoms with van der Waals surface area (Å²) in [5.41, 5.74) is 0. The van der Waals surface area contributed by atoms with E-state index in [0.29, 0.717) is 17.8 Å². The van der Waals surface area contributed by atoms with Crippen molar-refractivity contribution < 1.29 is 9.53 Å². The Hall–Kier alpha value is -0.220. The Balaban J connectivity index is 2.32. The molecule has 0 saturated heterocycles.